The first-order valence-corrected chi connectivity index (χ1v) is 10.5. The van der Waals surface area contributed by atoms with Crippen LogP contribution in [0.15, 0.2) is 22.8 Å². The van der Waals surface area contributed by atoms with Crippen LogP contribution >= 0.6 is 11.8 Å². The lowest BCUT2D eigenvalue weighted by Gasteiger charge is -2.37. The summed E-state index contributed by atoms with van der Waals surface area (Å²) in [5.41, 5.74) is 0. The van der Waals surface area contributed by atoms with Crippen LogP contribution in [0.25, 0.3) is 0 Å². The minimum Gasteiger partial charge on any atom is -0.459 e. The van der Waals surface area contributed by atoms with Crippen LogP contribution in [-0.4, -0.2) is 75.8 Å². The molecule has 0 bridgehead atoms. The summed E-state index contributed by atoms with van der Waals surface area (Å²) in [5, 5.41) is -0.0324. The van der Waals surface area contributed by atoms with Crippen molar-refractivity contribution in [1.29, 1.82) is 0 Å². The number of nitrogens with zero attached hydrogens (tertiary/aromatic N) is 3. The zero-order valence-electron chi connectivity index (χ0n) is 16.1. The molecule has 0 radical (unpaired) electrons. The molecule has 0 saturated carbocycles. The molecule has 0 N–H and O–H groups in total. The van der Waals surface area contributed by atoms with Crippen molar-refractivity contribution in [3.63, 3.8) is 0 Å². The Morgan fingerprint density at radius 2 is 1.85 bits per heavy atom. The van der Waals surface area contributed by atoms with E-state index in [2.05, 4.69) is 13.8 Å². The minimum atomic E-state index is -0.486. The minimum absolute atomic E-state index is 0.0307. The van der Waals surface area contributed by atoms with Gasteiger partial charge in [0.25, 0.3) is 5.91 Å². The smallest absolute Gasteiger partial charge is 0.291 e. The molecule has 3 heterocycles. The van der Waals surface area contributed by atoms with Gasteiger partial charge in [0.15, 0.2) is 5.76 Å². The van der Waals surface area contributed by atoms with Crippen LogP contribution < -0.4 is 0 Å². The Morgan fingerprint density at radius 3 is 2.41 bits per heavy atom. The number of rotatable bonds is 4. The first kappa shape index (κ1) is 19.8. The highest BCUT2D eigenvalue weighted by molar-refractivity contribution is 8.00. The number of hydrogen-bond donors (Lipinski definition) is 0. The normalized spacial score (nSPS) is 23.2. The standard InChI is InChI=1S/C19H27N3O4S/c1-13(2)11-17-22(19(25)16-5-4-10-26-16)15(12-27-17)18(24)21-8-6-20(7-9-21)14(3)23/h4-5,10,13,15,17H,6-9,11-12H2,1-3H3. The van der Waals surface area contributed by atoms with E-state index in [4.69, 9.17) is 4.42 Å². The fraction of sp³-hybridized carbons (Fsp3) is 0.632. The number of furan rings is 1. The summed E-state index contributed by atoms with van der Waals surface area (Å²) < 4.78 is 5.31. The molecule has 2 unspecified atom stereocenters. The Bertz CT molecular complexity index is 683. The molecule has 0 aliphatic carbocycles. The fourth-order valence-corrected chi connectivity index (χ4v) is 5.22. The Labute approximate surface area is 164 Å². The highest BCUT2D eigenvalue weighted by Crippen LogP contribution is 2.35. The van der Waals surface area contributed by atoms with Gasteiger partial charge in [-0.05, 0) is 24.5 Å². The van der Waals surface area contributed by atoms with Gasteiger partial charge >= 0.3 is 0 Å². The van der Waals surface area contributed by atoms with Crippen molar-refractivity contribution in [3.05, 3.63) is 24.2 Å². The number of hydrogen-bond acceptors (Lipinski definition) is 5. The van der Waals surface area contributed by atoms with Crippen molar-refractivity contribution in [2.24, 2.45) is 5.92 Å². The second-order valence-corrected chi connectivity index (χ2v) is 8.67. The van der Waals surface area contributed by atoms with Crippen LogP contribution in [0.5, 0.6) is 0 Å². The van der Waals surface area contributed by atoms with Gasteiger partial charge in [0.2, 0.25) is 11.8 Å². The van der Waals surface area contributed by atoms with Crippen LogP contribution in [-0.2, 0) is 9.59 Å². The van der Waals surface area contributed by atoms with E-state index in [-0.39, 0.29) is 28.9 Å². The van der Waals surface area contributed by atoms with Crippen LogP contribution in [0.3, 0.4) is 0 Å². The molecule has 7 nitrogen and oxygen atoms in total. The summed E-state index contributed by atoms with van der Waals surface area (Å²) >= 11 is 1.66. The molecule has 27 heavy (non-hydrogen) atoms. The number of carbonyl (C=O) groups excluding carboxylic acids is 3. The maximum Gasteiger partial charge on any atom is 0.291 e. The van der Waals surface area contributed by atoms with E-state index in [0.29, 0.717) is 37.8 Å². The predicted octanol–water partition coefficient (Wildman–Crippen LogP) is 1.90. The Hall–Kier alpha value is -1.96. The molecule has 0 aromatic carbocycles. The third-order valence-corrected chi connectivity index (χ3v) is 6.37. The molecule has 0 spiro atoms. The largest absolute Gasteiger partial charge is 0.459 e. The van der Waals surface area contributed by atoms with E-state index in [1.165, 1.54) is 6.26 Å². The lowest BCUT2D eigenvalue weighted by Crippen LogP contribution is -2.56. The van der Waals surface area contributed by atoms with E-state index < -0.39 is 6.04 Å². The number of thioether (sulfide) groups is 1. The summed E-state index contributed by atoms with van der Waals surface area (Å²) in [5.74, 6) is 1.06. The topological polar surface area (TPSA) is 74.1 Å². The first-order valence-electron chi connectivity index (χ1n) is 9.40. The van der Waals surface area contributed by atoms with E-state index in [0.717, 1.165) is 6.42 Å². The third kappa shape index (κ3) is 4.31. The SMILES string of the molecule is CC(=O)N1CCN(C(=O)C2CSC(CC(C)C)N2C(=O)c2ccco2)CC1. The van der Waals surface area contributed by atoms with Gasteiger partial charge in [-0.15, -0.1) is 11.8 Å². The van der Waals surface area contributed by atoms with Crippen LogP contribution in [0.2, 0.25) is 0 Å². The van der Waals surface area contributed by atoms with E-state index in [1.54, 1.807) is 45.5 Å². The molecule has 8 heteroatoms. The Kier molecular flexibility index (Phi) is 6.14. The van der Waals surface area contributed by atoms with Gasteiger partial charge in [-0.1, -0.05) is 13.8 Å². The molecule has 2 fully saturated rings. The van der Waals surface area contributed by atoms with E-state index in [1.807, 2.05) is 0 Å². The van der Waals surface area contributed by atoms with Crippen molar-refractivity contribution < 1.29 is 18.8 Å². The first-order chi connectivity index (χ1) is 12.9. The molecular formula is C19H27N3O4S. The quantitative estimate of drug-likeness (QED) is 0.781. The lowest BCUT2D eigenvalue weighted by molar-refractivity contribution is -0.141. The van der Waals surface area contributed by atoms with Crippen molar-refractivity contribution in [2.45, 2.75) is 38.6 Å². The van der Waals surface area contributed by atoms with E-state index >= 15 is 0 Å². The van der Waals surface area contributed by atoms with Crippen LogP contribution in [0.1, 0.15) is 37.7 Å². The predicted molar refractivity (Wildman–Crippen MR) is 103 cm³/mol. The summed E-state index contributed by atoms with van der Waals surface area (Å²) in [4.78, 5) is 43.0. The highest BCUT2D eigenvalue weighted by Gasteiger charge is 2.44. The summed E-state index contributed by atoms with van der Waals surface area (Å²) in [6.45, 7) is 7.89. The number of amides is 3. The second kappa shape index (κ2) is 8.37. The van der Waals surface area contributed by atoms with Gasteiger partial charge in [0.05, 0.1) is 11.6 Å². The van der Waals surface area contributed by atoms with Gasteiger partial charge in [-0.3, -0.25) is 14.4 Å². The fourth-order valence-electron chi connectivity index (χ4n) is 3.59. The summed E-state index contributed by atoms with van der Waals surface area (Å²) in [6, 6.07) is 2.84. The zero-order chi connectivity index (χ0) is 19.6. The molecule has 2 atom stereocenters. The molecule has 2 saturated heterocycles. The molecule has 148 valence electrons. The maximum absolute atomic E-state index is 13.2. The van der Waals surface area contributed by atoms with E-state index in [9.17, 15) is 14.4 Å². The zero-order valence-corrected chi connectivity index (χ0v) is 16.9. The molecule has 1 aromatic heterocycles. The molecule has 3 rings (SSSR count). The second-order valence-electron chi connectivity index (χ2n) is 7.45. The average Bonchev–Trinajstić information content (AvgIpc) is 3.30. The van der Waals surface area contributed by atoms with Crippen molar-refractivity contribution in [1.82, 2.24) is 14.7 Å². The van der Waals surface area contributed by atoms with Gasteiger partial charge in [0, 0.05) is 38.9 Å². The van der Waals surface area contributed by atoms with Gasteiger partial charge in [-0.2, -0.15) is 0 Å². The summed E-state index contributed by atoms with van der Waals surface area (Å²) in [7, 11) is 0. The average molecular weight is 394 g/mol. The highest BCUT2D eigenvalue weighted by atomic mass is 32.2. The van der Waals surface area contributed by atoms with Crippen molar-refractivity contribution in [2.75, 3.05) is 31.9 Å². The maximum atomic E-state index is 13.2. The third-order valence-electron chi connectivity index (χ3n) is 5.05. The molecule has 2 aliphatic heterocycles. The van der Waals surface area contributed by atoms with Gasteiger partial charge in [-0.25, -0.2) is 0 Å². The molecular weight excluding hydrogens is 366 g/mol. The monoisotopic (exact) mass is 393 g/mol. The summed E-state index contributed by atoms with van der Waals surface area (Å²) in [6.07, 6.45) is 2.31. The van der Waals surface area contributed by atoms with Crippen LogP contribution in [0, 0.1) is 5.92 Å². The number of carbonyl (C=O) groups is 3. The lowest BCUT2D eigenvalue weighted by atomic mass is 10.1. The van der Waals surface area contributed by atoms with Crippen molar-refractivity contribution >= 4 is 29.5 Å². The number of piperazine rings is 1. The van der Waals surface area contributed by atoms with Gasteiger partial charge < -0.3 is 19.1 Å². The molecule has 3 amide bonds. The molecule has 2 aliphatic rings. The molecule has 1 aromatic rings. The van der Waals surface area contributed by atoms with Gasteiger partial charge in [0.1, 0.15) is 6.04 Å². The Balaban J connectivity index is 1.75. The van der Waals surface area contributed by atoms with Crippen LogP contribution in [0.4, 0.5) is 0 Å². The Morgan fingerprint density at radius 1 is 1.19 bits per heavy atom. The van der Waals surface area contributed by atoms with Crippen molar-refractivity contribution in [3.8, 4) is 0 Å².